The maximum Gasteiger partial charge on any atom is 0.330 e. The van der Waals surface area contributed by atoms with Crippen LogP contribution in [0, 0.1) is 5.41 Å². The van der Waals surface area contributed by atoms with E-state index >= 15 is 0 Å². The molecule has 0 unspecified atom stereocenters. The van der Waals surface area contributed by atoms with Crippen LogP contribution in [-0.4, -0.2) is 25.7 Å². The summed E-state index contributed by atoms with van der Waals surface area (Å²) in [5, 5.41) is 0. The molecule has 0 amide bonds. The Balaban J connectivity index is 4.90. The lowest BCUT2D eigenvalue weighted by Crippen LogP contribution is -2.31. The van der Waals surface area contributed by atoms with Gasteiger partial charge in [0.25, 0.3) is 0 Å². The zero-order valence-electron chi connectivity index (χ0n) is 13.1. The third-order valence-corrected chi connectivity index (χ3v) is 3.56. The van der Waals surface area contributed by atoms with E-state index in [0.29, 0.717) is 6.42 Å². The van der Waals surface area contributed by atoms with Crippen molar-refractivity contribution in [1.82, 2.24) is 0 Å². The Morgan fingerprint density at radius 2 is 1.70 bits per heavy atom. The summed E-state index contributed by atoms with van der Waals surface area (Å²) < 4.78 is 10.0. The quantitative estimate of drug-likeness (QED) is 0.429. The summed E-state index contributed by atoms with van der Waals surface area (Å²) in [7, 11) is 1.39. The minimum Gasteiger partial charge on any atom is -0.469 e. The molecule has 0 N–H and O–H groups in total. The number of unbranched alkanes of at least 4 members (excludes halogenated alkanes) is 2. The molecule has 116 valence electrons. The normalized spacial score (nSPS) is 10.9. The van der Waals surface area contributed by atoms with Gasteiger partial charge in [0.2, 0.25) is 0 Å². The molecule has 0 rings (SSSR count). The first-order valence-corrected chi connectivity index (χ1v) is 7.39. The molecular weight excluding hydrogens is 256 g/mol. The van der Waals surface area contributed by atoms with Gasteiger partial charge in [-0.2, -0.15) is 0 Å². The number of hydrogen-bond acceptors (Lipinski definition) is 4. The fourth-order valence-electron chi connectivity index (χ4n) is 2.26. The molecule has 0 aliphatic carbocycles. The second-order valence-corrected chi connectivity index (χ2v) is 5.27. The third kappa shape index (κ3) is 7.31. The summed E-state index contributed by atoms with van der Waals surface area (Å²) in [4.78, 5) is 23.0. The van der Waals surface area contributed by atoms with Gasteiger partial charge in [-0.1, -0.05) is 46.1 Å². The third-order valence-electron chi connectivity index (χ3n) is 3.56. The van der Waals surface area contributed by atoms with E-state index in [2.05, 4.69) is 20.4 Å². The van der Waals surface area contributed by atoms with Crippen molar-refractivity contribution in [2.24, 2.45) is 5.41 Å². The van der Waals surface area contributed by atoms with Crippen LogP contribution in [0.4, 0.5) is 0 Å². The van der Waals surface area contributed by atoms with Gasteiger partial charge >= 0.3 is 11.9 Å². The first-order valence-electron chi connectivity index (χ1n) is 7.39. The molecule has 4 heteroatoms. The zero-order valence-corrected chi connectivity index (χ0v) is 13.1. The Kier molecular flexibility index (Phi) is 9.77. The summed E-state index contributed by atoms with van der Waals surface area (Å²) >= 11 is 0. The van der Waals surface area contributed by atoms with E-state index in [-0.39, 0.29) is 18.0 Å². The van der Waals surface area contributed by atoms with E-state index in [9.17, 15) is 9.59 Å². The van der Waals surface area contributed by atoms with E-state index in [1.54, 1.807) is 0 Å². The van der Waals surface area contributed by atoms with Crippen LogP contribution in [0.3, 0.4) is 0 Å². The topological polar surface area (TPSA) is 52.6 Å². The predicted molar refractivity (Wildman–Crippen MR) is 79.3 cm³/mol. The van der Waals surface area contributed by atoms with Crippen molar-refractivity contribution in [3.63, 3.8) is 0 Å². The summed E-state index contributed by atoms with van der Waals surface area (Å²) in [6.45, 7) is 7.87. The van der Waals surface area contributed by atoms with Gasteiger partial charge in [0.05, 0.1) is 20.1 Å². The van der Waals surface area contributed by atoms with Crippen LogP contribution < -0.4 is 0 Å². The van der Waals surface area contributed by atoms with E-state index in [4.69, 9.17) is 9.47 Å². The molecular formula is C16H28O4. The SMILES string of the molecule is C=CC(=O)OCC(CCCC)(CCCC)CC(=O)OC. The minimum atomic E-state index is -0.438. The molecule has 0 saturated carbocycles. The van der Waals surface area contributed by atoms with Crippen molar-refractivity contribution in [2.75, 3.05) is 13.7 Å². The molecule has 0 bridgehead atoms. The molecule has 0 spiro atoms. The number of methoxy groups -OCH3 is 1. The first kappa shape index (κ1) is 18.7. The molecule has 4 nitrogen and oxygen atoms in total. The van der Waals surface area contributed by atoms with Crippen molar-refractivity contribution in [2.45, 2.75) is 58.8 Å². The Hall–Kier alpha value is -1.32. The molecule has 0 aliphatic rings. The van der Waals surface area contributed by atoms with E-state index < -0.39 is 5.97 Å². The lowest BCUT2D eigenvalue weighted by atomic mass is 9.76. The fraction of sp³-hybridized carbons (Fsp3) is 0.750. The number of carbonyl (C=O) groups excluding carboxylic acids is 2. The van der Waals surface area contributed by atoms with Crippen molar-refractivity contribution < 1.29 is 19.1 Å². The maximum absolute atomic E-state index is 11.7. The Bertz CT molecular complexity index is 302. The Labute approximate surface area is 122 Å². The van der Waals surface area contributed by atoms with Crippen LogP contribution in [0.5, 0.6) is 0 Å². The highest BCUT2D eigenvalue weighted by atomic mass is 16.5. The smallest absolute Gasteiger partial charge is 0.330 e. The highest BCUT2D eigenvalue weighted by Gasteiger charge is 2.33. The molecule has 0 heterocycles. The number of carbonyl (C=O) groups is 2. The van der Waals surface area contributed by atoms with Gasteiger partial charge in [-0.15, -0.1) is 0 Å². The highest BCUT2D eigenvalue weighted by molar-refractivity contribution is 5.81. The number of hydrogen-bond donors (Lipinski definition) is 0. The standard InChI is InChI=1S/C16H28O4/c1-5-8-10-16(11-9-6-2,12-15(18)19-4)13-20-14(17)7-3/h7H,3,5-6,8-13H2,1-2,4H3. The van der Waals surface area contributed by atoms with E-state index in [1.165, 1.54) is 7.11 Å². The van der Waals surface area contributed by atoms with Crippen molar-refractivity contribution in [1.29, 1.82) is 0 Å². The number of rotatable bonds is 11. The van der Waals surface area contributed by atoms with Crippen LogP contribution in [-0.2, 0) is 19.1 Å². The molecule has 0 saturated heterocycles. The van der Waals surface area contributed by atoms with Crippen LogP contribution in [0.1, 0.15) is 58.8 Å². The molecule has 0 aliphatic heterocycles. The van der Waals surface area contributed by atoms with Gasteiger partial charge in [-0.3, -0.25) is 4.79 Å². The van der Waals surface area contributed by atoms with Crippen molar-refractivity contribution in [3.8, 4) is 0 Å². The van der Waals surface area contributed by atoms with Gasteiger partial charge < -0.3 is 9.47 Å². The summed E-state index contributed by atoms with van der Waals surface area (Å²) in [5.41, 5.74) is -0.308. The minimum absolute atomic E-state index is 0.244. The van der Waals surface area contributed by atoms with Crippen LogP contribution >= 0.6 is 0 Å². The predicted octanol–water partition coefficient (Wildman–Crippen LogP) is 3.65. The molecule has 0 atom stereocenters. The van der Waals surface area contributed by atoms with Gasteiger partial charge in [-0.05, 0) is 12.8 Å². The summed E-state index contributed by atoms with van der Waals surface area (Å²) in [6.07, 6.45) is 7.29. The molecule has 0 radical (unpaired) electrons. The summed E-state index contributed by atoms with van der Waals surface area (Å²) in [5.74, 6) is -0.681. The van der Waals surface area contributed by atoms with E-state index in [1.807, 2.05) is 0 Å². The second kappa shape index (κ2) is 10.5. The lowest BCUT2D eigenvalue weighted by Gasteiger charge is -2.32. The Morgan fingerprint density at radius 1 is 1.15 bits per heavy atom. The largest absolute Gasteiger partial charge is 0.469 e. The molecule has 0 fully saturated rings. The number of ether oxygens (including phenoxy) is 2. The van der Waals surface area contributed by atoms with Gasteiger partial charge in [-0.25, -0.2) is 4.79 Å². The maximum atomic E-state index is 11.7. The molecule has 20 heavy (non-hydrogen) atoms. The molecule has 0 aromatic carbocycles. The molecule has 0 aromatic heterocycles. The monoisotopic (exact) mass is 284 g/mol. The zero-order chi connectivity index (χ0) is 15.4. The van der Waals surface area contributed by atoms with Crippen molar-refractivity contribution in [3.05, 3.63) is 12.7 Å². The average molecular weight is 284 g/mol. The highest BCUT2D eigenvalue weighted by Crippen LogP contribution is 2.35. The van der Waals surface area contributed by atoms with E-state index in [0.717, 1.165) is 44.6 Å². The first-order chi connectivity index (χ1) is 9.53. The fourth-order valence-corrected chi connectivity index (χ4v) is 2.26. The lowest BCUT2D eigenvalue weighted by molar-refractivity contribution is -0.150. The van der Waals surface area contributed by atoms with Gasteiger partial charge in [0.15, 0.2) is 0 Å². The van der Waals surface area contributed by atoms with Crippen LogP contribution in [0.25, 0.3) is 0 Å². The van der Waals surface area contributed by atoms with Gasteiger partial charge in [0.1, 0.15) is 0 Å². The summed E-state index contributed by atoms with van der Waals surface area (Å²) in [6, 6.07) is 0. The number of esters is 2. The Morgan fingerprint density at radius 3 is 2.10 bits per heavy atom. The van der Waals surface area contributed by atoms with Crippen LogP contribution in [0.2, 0.25) is 0 Å². The van der Waals surface area contributed by atoms with Crippen LogP contribution in [0.15, 0.2) is 12.7 Å². The van der Waals surface area contributed by atoms with Gasteiger partial charge in [0, 0.05) is 11.5 Å². The van der Waals surface area contributed by atoms with Crippen molar-refractivity contribution >= 4 is 11.9 Å². The average Bonchev–Trinajstić information content (AvgIpc) is 2.47. The molecule has 0 aromatic rings. The second-order valence-electron chi connectivity index (χ2n) is 5.27.